The van der Waals surface area contributed by atoms with Crippen molar-refractivity contribution in [1.29, 1.82) is 5.26 Å². The number of benzene rings is 1. The van der Waals surface area contributed by atoms with Crippen molar-refractivity contribution in [2.24, 2.45) is 22.2 Å². The number of anilines is 1. The molecule has 0 spiro atoms. The van der Waals surface area contributed by atoms with Crippen LogP contribution in [0, 0.1) is 11.3 Å². The second-order valence-corrected chi connectivity index (χ2v) is 10.3. The first-order chi connectivity index (χ1) is 20.2. The number of methoxy groups -OCH3 is 1. The summed E-state index contributed by atoms with van der Waals surface area (Å²) < 4.78 is 5.46. The van der Waals surface area contributed by atoms with E-state index in [9.17, 15) is 19.2 Å². The molecule has 16 heteroatoms. The van der Waals surface area contributed by atoms with Crippen molar-refractivity contribution < 1.29 is 23.9 Å². The van der Waals surface area contributed by atoms with E-state index in [-0.39, 0.29) is 44.4 Å². The van der Waals surface area contributed by atoms with Crippen LogP contribution in [0.15, 0.2) is 23.2 Å². The fraction of sp³-hybridized carbons (Fsp3) is 0.500. The number of aliphatic imine (C=N–C) groups is 1. The lowest BCUT2D eigenvalue weighted by Gasteiger charge is -2.23. The first-order valence-electron chi connectivity index (χ1n) is 13.4. The Labute approximate surface area is 247 Å². The van der Waals surface area contributed by atoms with Gasteiger partial charge in [-0.05, 0) is 56.8 Å². The zero-order valence-corrected chi connectivity index (χ0v) is 24.3. The minimum atomic E-state index is -0.972. The summed E-state index contributed by atoms with van der Waals surface area (Å²) in [5.41, 5.74) is 17.5. The van der Waals surface area contributed by atoms with E-state index in [4.69, 9.17) is 27.2 Å². The monoisotopic (exact) mass is 602 g/mol. The van der Waals surface area contributed by atoms with E-state index in [1.54, 1.807) is 18.2 Å². The molecule has 0 aliphatic carbocycles. The number of hydrogen-bond acceptors (Lipinski definition) is 10. The molecule has 0 fully saturated rings. The lowest BCUT2D eigenvalue weighted by Crippen LogP contribution is -2.53. The summed E-state index contributed by atoms with van der Waals surface area (Å²) in [5.74, 6) is -1.91. The van der Waals surface area contributed by atoms with Gasteiger partial charge in [-0.15, -0.1) is 11.3 Å². The molecule has 2 atom stereocenters. The highest BCUT2D eigenvalue weighted by Crippen LogP contribution is 2.25. The van der Waals surface area contributed by atoms with Crippen LogP contribution >= 0.6 is 11.3 Å². The van der Waals surface area contributed by atoms with Crippen molar-refractivity contribution in [2.75, 3.05) is 38.7 Å². The van der Waals surface area contributed by atoms with E-state index < -0.39 is 29.8 Å². The van der Waals surface area contributed by atoms with Crippen molar-refractivity contribution in [1.82, 2.24) is 20.9 Å². The van der Waals surface area contributed by atoms with E-state index in [0.29, 0.717) is 48.4 Å². The number of carbonyl (C=O) groups excluding carboxylic acids is 4. The number of fused-ring (bicyclic) bond motifs is 1. The average molecular weight is 603 g/mol. The van der Waals surface area contributed by atoms with Crippen molar-refractivity contribution in [2.45, 2.75) is 50.6 Å². The van der Waals surface area contributed by atoms with Gasteiger partial charge in [-0.2, -0.15) is 5.26 Å². The van der Waals surface area contributed by atoms with Crippen LogP contribution in [0.1, 0.15) is 43.5 Å². The van der Waals surface area contributed by atoms with Gasteiger partial charge in [0.05, 0.1) is 10.2 Å². The Bertz CT molecular complexity index is 1290. The number of unbranched alkanes of at least 4 members (excludes halogenated alkanes) is 1. The number of hydrogen-bond donors (Lipinski definition) is 7. The fourth-order valence-corrected chi connectivity index (χ4v) is 4.65. The second kappa shape index (κ2) is 18.2. The highest BCUT2D eigenvalue weighted by molar-refractivity contribution is 7.19. The van der Waals surface area contributed by atoms with Crippen LogP contribution < -0.4 is 38.5 Å². The van der Waals surface area contributed by atoms with Crippen LogP contribution in [0.2, 0.25) is 0 Å². The fourth-order valence-electron chi connectivity index (χ4n) is 3.85. The van der Waals surface area contributed by atoms with Crippen molar-refractivity contribution in [3.05, 3.63) is 23.2 Å². The standard InChI is InChI=1S/C26H38N10O5S/c1-41-15-22(38)31-12-9-21(37)34-18(5-2-3-10-27)25(40)36-19(6-4-11-32-26(29)30)24(39)33-16-7-8-17-20(13-16)42-23(14-28)35-17/h7-8,13,18-19H,2-6,9-12,15,27H2,1H3,(H,31,38)(H,33,39)(H,34,37)(H,36,40)(H4,29,30,32)/t18-,19-/m0/s1. The molecule has 10 N–H and O–H groups in total. The quantitative estimate of drug-likeness (QED) is 0.0648. The van der Waals surface area contributed by atoms with E-state index >= 15 is 0 Å². The SMILES string of the molecule is COCC(=O)NCCC(=O)N[C@@H](CCCCN)C(=O)N[C@@H](CCCN=C(N)N)C(=O)Nc1ccc2nc(C#N)sc2c1. The van der Waals surface area contributed by atoms with Gasteiger partial charge in [0.15, 0.2) is 11.0 Å². The van der Waals surface area contributed by atoms with E-state index in [1.165, 1.54) is 18.4 Å². The average Bonchev–Trinajstić information content (AvgIpc) is 3.36. The number of aromatic nitrogens is 1. The van der Waals surface area contributed by atoms with Gasteiger partial charge in [0.25, 0.3) is 0 Å². The number of ether oxygens (including phenoxy) is 1. The smallest absolute Gasteiger partial charge is 0.246 e. The number of guanidine groups is 1. The van der Waals surface area contributed by atoms with Crippen LogP contribution in [0.25, 0.3) is 10.2 Å². The molecular formula is C26H38N10O5S. The van der Waals surface area contributed by atoms with Gasteiger partial charge in [0.1, 0.15) is 24.8 Å². The molecule has 42 heavy (non-hydrogen) atoms. The molecule has 0 saturated carbocycles. The molecule has 0 radical (unpaired) electrons. The number of nitriles is 1. The zero-order valence-electron chi connectivity index (χ0n) is 23.5. The molecule has 0 saturated heterocycles. The van der Waals surface area contributed by atoms with Crippen LogP contribution in [-0.2, 0) is 23.9 Å². The number of thiazole rings is 1. The molecule has 1 aromatic carbocycles. The molecule has 228 valence electrons. The number of rotatable bonds is 18. The Morgan fingerprint density at radius 2 is 1.81 bits per heavy atom. The van der Waals surface area contributed by atoms with E-state index in [0.717, 1.165) is 4.70 Å². The van der Waals surface area contributed by atoms with Gasteiger partial charge in [0, 0.05) is 32.3 Å². The first kappa shape index (κ1) is 33.9. The molecule has 15 nitrogen and oxygen atoms in total. The van der Waals surface area contributed by atoms with Crippen molar-refractivity contribution >= 4 is 56.8 Å². The Morgan fingerprint density at radius 3 is 2.50 bits per heavy atom. The number of amides is 4. The predicted octanol–water partition coefficient (Wildman–Crippen LogP) is -0.589. The zero-order chi connectivity index (χ0) is 30.9. The highest BCUT2D eigenvalue weighted by atomic mass is 32.1. The third-order valence-corrected chi connectivity index (χ3v) is 6.80. The maximum absolute atomic E-state index is 13.3. The summed E-state index contributed by atoms with van der Waals surface area (Å²) in [7, 11) is 1.39. The van der Waals surface area contributed by atoms with E-state index in [1.807, 2.05) is 6.07 Å². The third kappa shape index (κ3) is 12.0. The Hall–Kier alpha value is -4.33. The molecule has 4 amide bonds. The molecule has 2 aromatic rings. The molecule has 0 unspecified atom stereocenters. The summed E-state index contributed by atoms with van der Waals surface area (Å²) in [5, 5.41) is 20.2. The van der Waals surface area contributed by atoms with Gasteiger partial charge < -0.3 is 43.2 Å². The third-order valence-electron chi connectivity index (χ3n) is 5.88. The summed E-state index contributed by atoms with van der Waals surface area (Å²) in [6.45, 7) is 0.610. The van der Waals surface area contributed by atoms with Gasteiger partial charge >= 0.3 is 0 Å². The topological polar surface area (TPSA) is 253 Å². The molecule has 0 aliphatic heterocycles. The molecule has 1 heterocycles. The van der Waals surface area contributed by atoms with Crippen molar-refractivity contribution in [3.63, 3.8) is 0 Å². The maximum atomic E-state index is 13.3. The molecule has 2 rings (SSSR count). The van der Waals surface area contributed by atoms with Gasteiger partial charge in [-0.1, -0.05) is 0 Å². The summed E-state index contributed by atoms with van der Waals surface area (Å²) in [4.78, 5) is 58.9. The minimum absolute atomic E-state index is 0.0495. The number of nitrogens with two attached hydrogens (primary N) is 3. The maximum Gasteiger partial charge on any atom is 0.246 e. The summed E-state index contributed by atoms with van der Waals surface area (Å²) in [6.07, 6.45) is 2.07. The van der Waals surface area contributed by atoms with Gasteiger partial charge in [0.2, 0.25) is 23.6 Å². The largest absolute Gasteiger partial charge is 0.375 e. The number of nitrogens with zero attached hydrogens (tertiary/aromatic N) is 3. The Kier molecular flexibility index (Phi) is 14.7. The molecule has 1 aromatic heterocycles. The highest BCUT2D eigenvalue weighted by Gasteiger charge is 2.26. The van der Waals surface area contributed by atoms with Crippen molar-refractivity contribution in [3.8, 4) is 6.07 Å². The molecule has 0 bridgehead atoms. The second-order valence-electron chi connectivity index (χ2n) is 9.25. The molecular weight excluding hydrogens is 564 g/mol. The number of nitrogens with one attached hydrogen (secondary N) is 4. The Morgan fingerprint density at radius 1 is 1.07 bits per heavy atom. The molecule has 0 aliphatic rings. The number of carbonyl (C=O) groups is 4. The first-order valence-corrected chi connectivity index (χ1v) is 14.2. The van der Waals surface area contributed by atoms with Crippen LogP contribution in [0.3, 0.4) is 0 Å². The lowest BCUT2D eigenvalue weighted by atomic mass is 10.1. The summed E-state index contributed by atoms with van der Waals surface area (Å²) in [6, 6.07) is 5.15. The van der Waals surface area contributed by atoms with Crippen LogP contribution in [0.5, 0.6) is 0 Å². The van der Waals surface area contributed by atoms with Gasteiger partial charge in [-0.25, -0.2) is 4.98 Å². The summed E-state index contributed by atoms with van der Waals surface area (Å²) >= 11 is 1.20. The van der Waals surface area contributed by atoms with Crippen LogP contribution in [-0.4, -0.2) is 80.0 Å². The minimum Gasteiger partial charge on any atom is -0.375 e. The van der Waals surface area contributed by atoms with Crippen LogP contribution in [0.4, 0.5) is 5.69 Å². The van der Waals surface area contributed by atoms with E-state index in [2.05, 4.69) is 31.2 Å². The normalized spacial score (nSPS) is 12.0. The Balaban J connectivity index is 2.12. The lowest BCUT2D eigenvalue weighted by molar-refractivity contribution is -0.131. The predicted molar refractivity (Wildman–Crippen MR) is 159 cm³/mol. The van der Waals surface area contributed by atoms with Gasteiger partial charge in [-0.3, -0.25) is 24.2 Å².